The van der Waals surface area contributed by atoms with Crippen molar-refractivity contribution in [1.82, 2.24) is 4.90 Å². The van der Waals surface area contributed by atoms with Crippen LogP contribution >= 0.6 is 15.9 Å². The average molecular weight is 362 g/mol. The average Bonchev–Trinajstić information content (AvgIpc) is 2.56. The Kier molecular flexibility index (Phi) is 4.69. The number of halogens is 1. The third-order valence-corrected chi connectivity index (χ3v) is 5.04. The van der Waals surface area contributed by atoms with Crippen molar-refractivity contribution in [3.05, 3.63) is 57.6 Å². The molecule has 0 amide bonds. The van der Waals surface area contributed by atoms with Crippen molar-refractivity contribution in [2.75, 3.05) is 20.8 Å². The van der Waals surface area contributed by atoms with Gasteiger partial charge in [0.25, 0.3) is 0 Å². The van der Waals surface area contributed by atoms with Crippen molar-refractivity contribution >= 4 is 15.9 Å². The summed E-state index contributed by atoms with van der Waals surface area (Å²) in [5, 5.41) is 0. The van der Waals surface area contributed by atoms with E-state index in [1.165, 1.54) is 16.7 Å². The lowest BCUT2D eigenvalue weighted by molar-refractivity contribution is 0.244. The lowest BCUT2D eigenvalue weighted by Gasteiger charge is -2.29. The Balaban J connectivity index is 1.80. The highest BCUT2D eigenvalue weighted by Crippen LogP contribution is 2.38. The number of fused-ring (bicyclic) bond motifs is 1. The first-order chi connectivity index (χ1) is 10.7. The van der Waals surface area contributed by atoms with Crippen LogP contribution in [0.5, 0.6) is 11.5 Å². The van der Waals surface area contributed by atoms with E-state index in [9.17, 15) is 0 Å². The van der Waals surface area contributed by atoms with E-state index in [1.54, 1.807) is 14.2 Å². The topological polar surface area (TPSA) is 21.7 Å². The van der Waals surface area contributed by atoms with E-state index in [2.05, 4.69) is 51.2 Å². The van der Waals surface area contributed by atoms with Gasteiger partial charge in [-0.15, -0.1) is 0 Å². The number of ether oxygens (including phenoxy) is 2. The molecule has 0 aliphatic carbocycles. The fourth-order valence-electron chi connectivity index (χ4n) is 2.98. The molecule has 0 bridgehead atoms. The predicted molar refractivity (Wildman–Crippen MR) is 91.5 cm³/mol. The summed E-state index contributed by atoms with van der Waals surface area (Å²) in [5.41, 5.74) is 4.13. The number of nitrogens with zero attached hydrogens (tertiary/aromatic N) is 1. The Morgan fingerprint density at radius 2 is 1.82 bits per heavy atom. The van der Waals surface area contributed by atoms with Crippen LogP contribution in [0.1, 0.15) is 16.7 Å². The zero-order valence-electron chi connectivity index (χ0n) is 12.9. The standard InChI is InChI=1S/C18H20BrNO2/c1-21-16-8-7-15(17(19)18(16)22-2)12-20-10-9-13-5-3-4-6-14(13)11-20/h3-8H,9-12H2,1-2H3. The number of hydrogen-bond acceptors (Lipinski definition) is 3. The van der Waals surface area contributed by atoms with Crippen LogP contribution in [-0.2, 0) is 19.5 Å². The van der Waals surface area contributed by atoms with E-state index in [0.29, 0.717) is 0 Å². The van der Waals surface area contributed by atoms with Gasteiger partial charge in [0.15, 0.2) is 11.5 Å². The van der Waals surface area contributed by atoms with Gasteiger partial charge in [0.2, 0.25) is 0 Å². The van der Waals surface area contributed by atoms with Crippen molar-refractivity contribution in [2.24, 2.45) is 0 Å². The third-order valence-electron chi connectivity index (χ3n) is 4.17. The molecule has 3 nitrogen and oxygen atoms in total. The van der Waals surface area contributed by atoms with Crippen molar-refractivity contribution in [1.29, 1.82) is 0 Å². The number of rotatable bonds is 4. The molecular formula is C18H20BrNO2. The Morgan fingerprint density at radius 1 is 1.05 bits per heavy atom. The van der Waals surface area contributed by atoms with E-state index >= 15 is 0 Å². The summed E-state index contributed by atoms with van der Waals surface area (Å²) in [5.74, 6) is 1.51. The summed E-state index contributed by atoms with van der Waals surface area (Å²) >= 11 is 3.66. The van der Waals surface area contributed by atoms with Crippen LogP contribution in [-0.4, -0.2) is 25.7 Å². The number of hydrogen-bond donors (Lipinski definition) is 0. The van der Waals surface area contributed by atoms with E-state index in [4.69, 9.17) is 9.47 Å². The summed E-state index contributed by atoms with van der Waals surface area (Å²) in [6, 6.07) is 12.8. The molecule has 0 N–H and O–H groups in total. The minimum absolute atomic E-state index is 0.752. The van der Waals surface area contributed by atoms with Crippen LogP contribution in [0.3, 0.4) is 0 Å². The molecule has 1 aliphatic heterocycles. The first-order valence-corrected chi connectivity index (χ1v) is 8.20. The molecule has 0 saturated carbocycles. The molecule has 0 fully saturated rings. The lowest BCUT2D eigenvalue weighted by atomic mass is 9.99. The predicted octanol–water partition coefficient (Wildman–Crippen LogP) is 4.02. The van der Waals surface area contributed by atoms with Crippen LogP contribution in [0.15, 0.2) is 40.9 Å². The van der Waals surface area contributed by atoms with Crippen LogP contribution < -0.4 is 9.47 Å². The van der Waals surface area contributed by atoms with Gasteiger partial charge in [0.05, 0.1) is 18.7 Å². The maximum Gasteiger partial charge on any atom is 0.175 e. The van der Waals surface area contributed by atoms with Gasteiger partial charge in [0.1, 0.15) is 0 Å². The van der Waals surface area contributed by atoms with Gasteiger partial charge in [-0.05, 0) is 45.1 Å². The van der Waals surface area contributed by atoms with Crippen LogP contribution in [0.4, 0.5) is 0 Å². The monoisotopic (exact) mass is 361 g/mol. The zero-order valence-corrected chi connectivity index (χ0v) is 14.5. The Bertz CT molecular complexity index is 672. The van der Waals surface area contributed by atoms with Gasteiger partial charge in [-0.25, -0.2) is 0 Å². The van der Waals surface area contributed by atoms with Crippen molar-refractivity contribution in [3.8, 4) is 11.5 Å². The molecule has 0 atom stereocenters. The quantitative estimate of drug-likeness (QED) is 0.820. The molecule has 3 rings (SSSR count). The molecule has 0 unspecified atom stereocenters. The maximum atomic E-state index is 5.46. The molecule has 2 aromatic carbocycles. The van der Waals surface area contributed by atoms with Gasteiger partial charge in [-0.1, -0.05) is 30.3 Å². The highest BCUT2D eigenvalue weighted by atomic mass is 79.9. The Morgan fingerprint density at radius 3 is 2.55 bits per heavy atom. The summed E-state index contributed by atoms with van der Waals surface area (Å²) in [4.78, 5) is 2.47. The molecular weight excluding hydrogens is 342 g/mol. The second-order valence-electron chi connectivity index (χ2n) is 5.50. The minimum atomic E-state index is 0.752. The lowest BCUT2D eigenvalue weighted by Crippen LogP contribution is -2.30. The van der Waals surface area contributed by atoms with Crippen molar-refractivity contribution in [2.45, 2.75) is 19.5 Å². The van der Waals surface area contributed by atoms with Crippen molar-refractivity contribution < 1.29 is 9.47 Å². The fraction of sp³-hybridized carbons (Fsp3) is 0.333. The van der Waals surface area contributed by atoms with Gasteiger partial charge in [0, 0.05) is 19.6 Å². The molecule has 0 saturated heterocycles. The molecule has 4 heteroatoms. The van der Waals surface area contributed by atoms with E-state index < -0.39 is 0 Å². The zero-order chi connectivity index (χ0) is 15.5. The minimum Gasteiger partial charge on any atom is -0.493 e. The SMILES string of the molecule is COc1ccc(CN2CCc3ccccc3C2)c(Br)c1OC. The van der Waals surface area contributed by atoms with Crippen molar-refractivity contribution in [3.63, 3.8) is 0 Å². The van der Waals surface area contributed by atoms with Crippen LogP contribution in [0.25, 0.3) is 0 Å². The molecule has 1 aliphatic rings. The summed E-state index contributed by atoms with van der Waals surface area (Å²) < 4.78 is 11.8. The largest absolute Gasteiger partial charge is 0.493 e. The highest BCUT2D eigenvalue weighted by molar-refractivity contribution is 9.10. The van der Waals surface area contributed by atoms with Gasteiger partial charge in [-0.2, -0.15) is 0 Å². The normalized spacial score (nSPS) is 14.5. The maximum absolute atomic E-state index is 5.46. The number of methoxy groups -OCH3 is 2. The molecule has 2 aromatic rings. The Labute approximate surface area is 140 Å². The summed E-state index contributed by atoms with van der Waals surface area (Å²) in [6.45, 7) is 2.98. The van der Waals surface area contributed by atoms with E-state index in [0.717, 1.165) is 42.0 Å². The first-order valence-electron chi connectivity index (χ1n) is 7.41. The fourth-order valence-corrected chi connectivity index (χ4v) is 3.60. The molecule has 1 heterocycles. The second-order valence-corrected chi connectivity index (χ2v) is 6.30. The van der Waals surface area contributed by atoms with E-state index in [-0.39, 0.29) is 0 Å². The number of benzene rings is 2. The molecule has 0 aromatic heterocycles. The van der Waals surface area contributed by atoms with E-state index in [1.807, 2.05) is 6.07 Å². The van der Waals surface area contributed by atoms with Gasteiger partial charge >= 0.3 is 0 Å². The highest BCUT2D eigenvalue weighted by Gasteiger charge is 2.19. The van der Waals surface area contributed by atoms with Crippen LogP contribution in [0.2, 0.25) is 0 Å². The van der Waals surface area contributed by atoms with Gasteiger partial charge in [-0.3, -0.25) is 4.90 Å². The molecule has 0 radical (unpaired) electrons. The molecule has 0 spiro atoms. The third kappa shape index (κ3) is 2.99. The smallest absolute Gasteiger partial charge is 0.175 e. The summed E-state index contributed by atoms with van der Waals surface area (Å²) in [6.07, 6.45) is 1.11. The molecule has 22 heavy (non-hydrogen) atoms. The second kappa shape index (κ2) is 6.71. The molecule has 116 valence electrons. The van der Waals surface area contributed by atoms with Gasteiger partial charge < -0.3 is 9.47 Å². The Hall–Kier alpha value is -1.52. The first kappa shape index (κ1) is 15.4. The van der Waals surface area contributed by atoms with Crippen LogP contribution in [0, 0.1) is 0 Å². The summed E-state index contributed by atoms with van der Waals surface area (Å²) in [7, 11) is 3.33.